The Morgan fingerprint density at radius 2 is 1.91 bits per heavy atom. The highest BCUT2D eigenvalue weighted by Gasteiger charge is 2.11. The van der Waals surface area contributed by atoms with Crippen molar-refractivity contribution in [1.82, 2.24) is 0 Å². The molecule has 0 unspecified atom stereocenters. The Labute approximate surface area is 68.4 Å². The van der Waals surface area contributed by atoms with Crippen molar-refractivity contribution in [3.05, 3.63) is 0 Å². The molecule has 0 saturated carbocycles. The highest BCUT2D eigenvalue weighted by molar-refractivity contribution is 6.42. The van der Waals surface area contributed by atoms with Crippen LogP contribution in [0.15, 0.2) is 9.98 Å². The molecule has 0 aromatic heterocycles. The minimum Gasteiger partial charge on any atom is -0.286 e. The molecule has 1 rings (SSSR count). The summed E-state index contributed by atoms with van der Waals surface area (Å²) in [6, 6.07) is 0.403. The predicted molar refractivity (Wildman–Crippen MR) is 49.8 cm³/mol. The van der Waals surface area contributed by atoms with Crippen LogP contribution in [0.2, 0.25) is 0 Å². The highest BCUT2D eigenvalue weighted by atomic mass is 14.9. The largest absolute Gasteiger partial charge is 0.286 e. The van der Waals surface area contributed by atoms with Gasteiger partial charge in [0, 0.05) is 0 Å². The second-order valence-electron chi connectivity index (χ2n) is 2.92. The van der Waals surface area contributed by atoms with E-state index in [2.05, 4.69) is 30.8 Å². The van der Waals surface area contributed by atoms with E-state index in [1.807, 2.05) is 0 Å². The first-order valence-electron chi connectivity index (χ1n) is 4.38. The maximum Gasteiger partial charge on any atom is 0.0670 e. The lowest BCUT2D eigenvalue weighted by Gasteiger charge is -2.15. The van der Waals surface area contributed by atoms with Crippen molar-refractivity contribution in [1.29, 1.82) is 0 Å². The van der Waals surface area contributed by atoms with Crippen molar-refractivity contribution >= 4 is 11.4 Å². The molecule has 1 heterocycles. The van der Waals surface area contributed by atoms with Crippen LogP contribution in [0.5, 0.6) is 0 Å². The fourth-order valence-corrected chi connectivity index (χ4v) is 1.33. The van der Waals surface area contributed by atoms with Gasteiger partial charge in [-0.2, -0.15) is 0 Å². The standard InChI is InChI=1S/C9H16N2/c1-4-8-9(5-2)11-7(3)6-10-8/h7H,4-6H2,1-3H3/t7-/m1/s1. The van der Waals surface area contributed by atoms with E-state index in [0.717, 1.165) is 19.4 Å². The maximum absolute atomic E-state index is 4.54. The number of rotatable bonds is 2. The molecule has 2 nitrogen and oxygen atoms in total. The Morgan fingerprint density at radius 1 is 1.27 bits per heavy atom. The summed E-state index contributed by atoms with van der Waals surface area (Å²) in [5.74, 6) is 0. The van der Waals surface area contributed by atoms with Crippen LogP contribution < -0.4 is 0 Å². The van der Waals surface area contributed by atoms with Crippen LogP contribution in [-0.2, 0) is 0 Å². The summed E-state index contributed by atoms with van der Waals surface area (Å²) in [5.41, 5.74) is 2.43. The van der Waals surface area contributed by atoms with Crippen LogP contribution in [0, 0.1) is 0 Å². The zero-order valence-electron chi connectivity index (χ0n) is 7.59. The van der Waals surface area contributed by atoms with Crippen molar-refractivity contribution in [2.24, 2.45) is 9.98 Å². The molecule has 0 spiro atoms. The van der Waals surface area contributed by atoms with Crippen molar-refractivity contribution in [3.8, 4) is 0 Å². The molecule has 62 valence electrons. The van der Waals surface area contributed by atoms with Gasteiger partial charge < -0.3 is 0 Å². The Hall–Kier alpha value is -0.660. The molecule has 11 heavy (non-hydrogen) atoms. The molecule has 0 amide bonds. The second-order valence-corrected chi connectivity index (χ2v) is 2.92. The molecular weight excluding hydrogens is 136 g/mol. The third-order valence-corrected chi connectivity index (χ3v) is 1.93. The fraction of sp³-hybridized carbons (Fsp3) is 0.778. The van der Waals surface area contributed by atoms with Crippen molar-refractivity contribution in [2.45, 2.75) is 39.7 Å². The van der Waals surface area contributed by atoms with Gasteiger partial charge in [-0.1, -0.05) is 13.8 Å². The first-order valence-corrected chi connectivity index (χ1v) is 4.38. The van der Waals surface area contributed by atoms with Gasteiger partial charge in [0.2, 0.25) is 0 Å². The Bertz CT molecular complexity index is 192. The third-order valence-electron chi connectivity index (χ3n) is 1.93. The van der Waals surface area contributed by atoms with Crippen LogP contribution in [-0.4, -0.2) is 24.0 Å². The lowest BCUT2D eigenvalue weighted by Crippen LogP contribution is -2.23. The normalized spacial score (nSPS) is 24.5. The SMILES string of the molecule is CCC1=NC[C@@H](C)N=C1CC. The zero-order valence-corrected chi connectivity index (χ0v) is 7.59. The van der Waals surface area contributed by atoms with E-state index >= 15 is 0 Å². The minimum atomic E-state index is 0.403. The van der Waals surface area contributed by atoms with E-state index in [1.165, 1.54) is 11.4 Å². The molecule has 1 atom stereocenters. The fourth-order valence-electron chi connectivity index (χ4n) is 1.33. The van der Waals surface area contributed by atoms with Gasteiger partial charge in [-0.3, -0.25) is 9.98 Å². The topological polar surface area (TPSA) is 24.7 Å². The zero-order chi connectivity index (χ0) is 8.27. The summed E-state index contributed by atoms with van der Waals surface area (Å²) in [4.78, 5) is 9.01. The van der Waals surface area contributed by atoms with Crippen molar-refractivity contribution in [2.75, 3.05) is 6.54 Å². The van der Waals surface area contributed by atoms with Gasteiger partial charge in [-0.25, -0.2) is 0 Å². The molecule has 1 aliphatic heterocycles. The summed E-state index contributed by atoms with van der Waals surface area (Å²) in [6.07, 6.45) is 2.05. The molecule has 0 N–H and O–H groups in total. The molecule has 0 saturated heterocycles. The number of aliphatic imine (C=N–C) groups is 2. The number of hydrogen-bond acceptors (Lipinski definition) is 2. The van der Waals surface area contributed by atoms with Crippen LogP contribution >= 0.6 is 0 Å². The molecule has 0 fully saturated rings. The van der Waals surface area contributed by atoms with Gasteiger partial charge in [-0.15, -0.1) is 0 Å². The van der Waals surface area contributed by atoms with Crippen molar-refractivity contribution < 1.29 is 0 Å². The summed E-state index contributed by atoms with van der Waals surface area (Å²) in [7, 11) is 0. The smallest absolute Gasteiger partial charge is 0.0670 e. The second kappa shape index (κ2) is 3.65. The van der Waals surface area contributed by atoms with Crippen LogP contribution in [0.1, 0.15) is 33.6 Å². The highest BCUT2D eigenvalue weighted by Crippen LogP contribution is 2.06. The van der Waals surface area contributed by atoms with Gasteiger partial charge >= 0.3 is 0 Å². The van der Waals surface area contributed by atoms with Gasteiger partial charge in [0.1, 0.15) is 0 Å². The summed E-state index contributed by atoms with van der Waals surface area (Å²) >= 11 is 0. The van der Waals surface area contributed by atoms with E-state index in [0.29, 0.717) is 6.04 Å². The van der Waals surface area contributed by atoms with E-state index in [9.17, 15) is 0 Å². The van der Waals surface area contributed by atoms with Crippen LogP contribution in [0.3, 0.4) is 0 Å². The predicted octanol–water partition coefficient (Wildman–Crippen LogP) is 2.09. The first kappa shape index (κ1) is 8.44. The Balaban J connectivity index is 2.74. The summed E-state index contributed by atoms with van der Waals surface area (Å²) in [6.45, 7) is 7.28. The molecule has 0 aromatic carbocycles. The molecule has 0 aromatic rings. The third kappa shape index (κ3) is 1.88. The summed E-state index contributed by atoms with van der Waals surface area (Å²) < 4.78 is 0. The van der Waals surface area contributed by atoms with E-state index in [1.54, 1.807) is 0 Å². The molecule has 1 aliphatic rings. The minimum absolute atomic E-state index is 0.403. The van der Waals surface area contributed by atoms with Gasteiger partial charge in [0.15, 0.2) is 0 Å². The monoisotopic (exact) mass is 152 g/mol. The lowest BCUT2D eigenvalue weighted by molar-refractivity contribution is 0.742. The molecule has 2 heteroatoms. The van der Waals surface area contributed by atoms with E-state index < -0.39 is 0 Å². The number of nitrogens with zero attached hydrogens (tertiary/aromatic N) is 2. The Kier molecular flexibility index (Phi) is 2.80. The molecule has 0 bridgehead atoms. The van der Waals surface area contributed by atoms with Crippen LogP contribution in [0.25, 0.3) is 0 Å². The quantitative estimate of drug-likeness (QED) is 0.579. The van der Waals surface area contributed by atoms with Crippen LogP contribution in [0.4, 0.5) is 0 Å². The van der Waals surface area contributed by atoms with Gasteiger partial charge in [0.25, 0.3) is 0 Å². The molecular formula is C9H16N2. The average molecular weight is 152 g/mol. The van der Waals surface area contributed by atoms with Crippen molar-refractivity contribution in [3.63, 3.8) is 0 Å². The van der Waals surface area contributed by atoms with Gasteiger partial charge in [-0.05, 0) is 19.8 Å². The maximum atomic E-state index is 4.54. The Morgan fingerprint density at radius 3 is 2.45 bits per heavy atom. The molecule has 0 aliphatic carbocycles. The lowest BCUT2D eigenvalue weighted by atomic mass is 10.1. The van der Waals surface area contributed by atoms with E-state index in [-0.39, 0.29) is 0 Å². The molecule has 0 radical (unpaired) electrons. The summed E-state index contributed by atoms with van der Waals surface area (Å²) in [5, 5.41) is 0. The van der Waals surface area contributed by atoms with E-state index in [4.69, 9.17) is 0 Å². The average Bonchev–Trinajstić information content (AvgIpc) is 2.04. The first-order chi connectivity index (χ1) is 5.27. The number of hydrogen-bond donors (Lipinski definition) is 0. The van der Waals surface area contributed by atoms with Gasteiger partial charge in [0.05, 0.1) is 24.0 Å².